The smallest absolute Gasteiger partial charge is 0.408 e. The van der Waals surface area contributed by atoms with Crippen molar-refractivity contribution in [2.75, 3.05) is 18.5 Å². The summed E-state index contributed by atoms with van der Waals surface area (Å²) in [5, 5.41) is 24.8. The number of aliphatic hydroxyl groups is 1. The number of aliphatic hydroxyl groups excluding tert-OH is 1. The molecule has 0 spiro atoms. The van der Waals surface area contributed by atoms with Gasteiger partial charge in [-0.15, -0.1) is 0 Å². The van der Waals surface area contributed by atoms with Gasteiger partial charge in [0.1, 0.15) is 23.4 Å². The molecule has 4 N–H and O–H groups in total. The molecular formula is C25H33N3O6. The predicted octanol–water partition coefficient (Wildman–Crippen LogP) is 3.11. The van der Waals surface area contributed by atoms with Crippen LogP contribution in [0.25, 0.3) is 0 Å². The van der Waals surface area contributed by atoms with Crippen LogP contribution < -0.4 is 10.6 Å². The highest BCUT2D eigenvalue weighted by molar-refractivity contribution is 5.99. The molecule has 34 heavy (non-hydrogen) atoms. The van der Waals surface area contributed by atoms with Crippen molar-refractivity contribution in [1.82, 2.24) is 10.2 Å². The van der Waals surface area contributed by atoms with Gasteiger partial charge in [0.15, 0.2) is 0 Å². The minimum atomic E-state index is -1.32. The molecule has 184 valence electrons. The summed E-state index contributed by atoms with van der Waals surface area (Å²) in [4.78, 5) is 40.3. The van der Waals surface area contributed by atoms with Gasteiger partial charge < -0.3 is 30.5 Å². The Morgan fingerprint density at radius 3 is 2.21 bits per heavy atom. The SMILES string of the molecule is CCN(C(=O)C(CO)NC(=O)OC(C)(C)C)C(C(=O)Nc1ccccc1C)c1ccc(O)cc1. The van der Waals surface area contributed by atoms with Crippen molar-refractivity contribution >= 4 is 23.6 Å². The van der Waals surface area contributed by atoms with Crippen LogP contribution in [0, 0.1) is 6.92 Å². The number of alkyl carbamates (subject to hydrolysis) is 1. The molecule has 0 aliphatic heterocycles. The van der Waals surface area contributed by atoms with Crippen molar-refractivity contribution in [1.29, 1.82) is 0 Å². The lowest BCUT2D eigenvalue weighted by molar-refractivity contribution is -0.141. The third kappa shape index (κ3) is 7.21. The van der Waals surface area contributed by atoms with E-state index < -0.39 is 42.2 Å². The molecular weight excluding hydrogens is 438 g/mol. The van der Waals surface area contributed by atoms with Crippen LogP contribution in [-0.2, 0) is 14.3 Å². The number of aromatic hydroxyl groups is 1. The summed E-state index contributed by atoms with van der Waals surface area (Å²) in [5.41, 5.74) is 1.09. The van der Waals surface area contributed by atoms with Gasteiger partial charge in [-0.2, -0.15) is 0 Å². The third-order valence-electron chi connectivity index (χ3n) is 4.97. The molecule has 3 amide bonds. The van der Waals surface area contributed by atoms with Gasteiger partial charge in [-0.05, 0) is 63.9 Å². The van der Waals surface area contributed by atoms with E-state index in [1.807, 2.05) is 19.1 Å². The molecule has 2 aromatic rings. The number of para-hydroxylation sites is 1. The second kappa shape index (κ2) is 11.5. The lowest BCUT2D eigenvalue weighted by Crippen LogP contribution is -2.53. The Morgan fingerprint density at radius 1 is 1.06 bits per heavy atom. The molecule has 0 bridgehead atoms. The summed E-state index contributed by atoms with van der Waals surface area (Å²) in [6, 6.07) is 10.7. The average molecular weight is 472 g/mol. The Bertz CT molecular complexity index is 1000. The molecule has 2 atom stereocenters. The highest BCUT2D eigenvalue weighted by Crippen LogP contribution is 2.26. The summed E-state index contributed by atoms with van der Waals surface area (Å²) in [6.45, 7) is 8.00. The zero-order chi connectivity index (χ0) is 25.5. The maximum Gasteiger partial charge on any atom is 0.408 e. The van der Waals surface area contributed by atoms with Gasteiger partial charge in [0.05, 0.1) is 6.61 Å². The van der Waals surface area contributed by atoms with Gasteiger partial charge in [-0.25, -0.2) is 4.79 Å². The van der Waals surface area contributed by atoms with E-state index in [4.69, 9.17) is 4.74 Å². The first-order chi connectivity index (χ1) is 16.0. The fraction of sp³-hybridized carbons (Fsp3) is 0.400. The lowest BCUT2D eigenvalue weighted by Gasteiger charge is -2.33. The number of amides is 3. The normalized spacial score (nSPS) is 12.9. The van der Waals surface area contributed by atoms with E-state index in [0.29, 0.717) is 11.3 Å². The highest BCUT2D eigenvalue weighted by Gasteiger charge is 2.35. The number of aryl methyl sites for hydroxylation is 1. The van der Waals surface area contributed by atoms with Crippen LogP contribution in [0.4, 0.5) is 10.5 Å². The number of phenols is 1. The van der Waals surface area contributed by atoms with Gasteiger partial charge in [-0.3, -0.25) is 9.59 Å². The van der Waals surface area contributed by atoms with E-state index in [9.17, 15) is 24.6 Å². The van der Waals surface area contributed by atoms with Crippen LogP contribution in [0.5, 0.6) is 5.75 Å². The summed E-state index contributed by atoms with van der Waals surface area (Å²) in [5.74, 6) is -1.13. The number of nitrogens with zero attached hydrogens (tertiary/aromatic N) is 1. The lowest BCUT2D eigenvalue weighted by atomic mass is 10.0. The van der Waals surface area contributed by atoms with Crippen LogP contribution >= 0.6 is 0 Å². The largest absolute Gasteiger partial charge is 0.508 e. The molecule has 0 aliphatic rings. The number of likely N-dealkylation sites (N-methyl/N-ethyl adjacent to an activating group) is 1. The summed E-state index contributed by atoms with van der Waals surface area (Å²) in [7, 11) is 0. The number of ether oxygens (including phenoxy) is 1. The van der Waals surface area contributed by atoms with E-state index in [1.165, 1.54) is 17.0 Å². The number of phenolic OH excluding ortho intramolecular Hbond substituents is 1. The first kappa shape index (κ1) is 26.7. The van der Waals surface area contributed by atoms with E-state index in [1.54, 1.807) is 52.0 Å². The van der Waals surface area contributed by atoms with Crippen LogP contribution in [0.3, 0.4) is 0 Å². The highest BCUT2D eigenvalue weighted by atomic mass is 16.6. The molecule has 0 fully saturated rings. The van der Waals surface area contributed by atoms with E-state index in [2.05, 4.69) is 10.6 Å². The number of hydrogen-bond acceptors (Lipinski definition) is 6. The van der Waals surface area contributed by atoms with Crippen molar-refractivity contribution in [3.63, 3.8) is 0 Å². The molecule has 9 nitrogen and oxygen atoms in total. The quantitative estimate of drug-likeness (QED) is 0.468. The first-order valence-electron chi connectivity index (χ1n) is 11.0. The number of rotatable bonds is 8. The summed E-state index contributed by atoms with van der Waals surface area (Å²) < 4.78 is 5.19. The molecule has 0 saturated carbocycles. The molecule has 9 heteroatoms. The maximum atomic E-state index is 13.4. The Labute approximate surface area is 199 Å². The number of nitrogens with one attached hydrogen (secondary N) is 2. The minimum Gasteiger partial charge on any atom is -0.508 e. The van der Waals surface area contributed by atoms with Crippen LogP contribution in [-0.4, -0.2) is 57.8 Å². The van der Waals surface area contributed by atoms with Crippen molar-refractivity contribution in [3.05, 3.63) is 59.7 Å². The minimum absolute atomic E-state index is 0.0102. The van der Waals surface area contributed by atoms with Crippen LogP contribution in [0.2, 0.25) is 0 Å². The molecule has 0 saturated heterocycles. The maximum absolute atomic E-state index is 13.4. The first-order valence-corrected chi connectivity index (χ1v) is 11.0. The molecule has 0 aromatic heterocycles. The molecule has 0 aliphatic carbocycles. The van der Waals surface area contributed by atoms with Gasteiger partial charge in [0.25, 0.3) is 5.91 Å². The summed E-state index contributed by atoms with van der Waals surface area (Å²) in [6.07, 6.45) is -0.860. The number of benzene rings is 2. The standard InChI is InChI=1S/C25H33N3O6/c1-6-28(23(32)20(15-29)27-24(33)34-25(3,4)5)21(17-11-13-18(30)14-12-17)22(31)26-19-10-8-7-9-16(19)2/h7-14,20-21,29-30H,6,15H2,1-5H3,(H,26,31)(H,27,33). The number of carbonyl (C=O) groups excluding carboxylic acids is 3. The number of hydrogen-bond donors (Lipinski definition) is 4. The van der Waals surface area contributed by atoms with E-state index >= 15 is 0 Å². The number of carbonyl (C=O) groups is 3. The Kier molecular flexibility index (Phi) is 9.03. The zero-order valence-corrected chi connectivity index (χ0v) is 20.2. The second-order valence-corrected chi connectivity index (χ2v) is 8.80. The molecule has 2 rings (SSSR count). The van der Waals surface area contributed by atoms with Gasteiger partial charge in [0, 0.05) is 12.2 Å². The molecule has 2 aromatic carbocycles. The molecule has 0 heterocycles. The van der Waals surface area contributed by atoms with Crippen molar-refractivity contribution in [3.8, 4) is 5.75 Å². The number of anilines is 1. The monoisotopic (exact) mass is 471 g/mol. The predicted molar refractivity (Wildman–Crippen MR) is 128 cm³/mol. The van der Waals surface area contributed by atoms with E-state index in [-0.39, 0.29) is 12.3 Å². The Hall–Kier alpha value is -3.59. The van der Waals surface area contributed by atoms with Crippen LogP contribution in [0.15, 0.2) is 48.5 Å². The Balaban J connectivity index is 2.38. The van der Waals surface area contributed by atoms with Gasteiger partial charge in [-0.1, -0.05) is 30.3 Å². The second-order valence-electron chi connectivity index (χ2n) is 8.80. The average Bonchev–Trinajstić information content (AvgIpc) is 2.76. The molecule has 0 radical (unpaired) electrons. The van der Waals surface area contributed by atoms with Gasteiger partial charge >= 0.3 is 6.09 Å². The van der Waals surface area contributed by atoms with Crippen molar-refractivity contribution in [2.24, 2.45) is 0 Å². The van der Waals surface area contributed by atoms with E-state index in [0.717, 1.165) is 5.56 Å². The van der Waals surface area contributed by atoms with Crippen LogP contribution in [0.1, 0.15) is 44.9 Å². The topological polar surface area (TPSA) is 128 Å². The molecule has 2 unspecified atom stereocenters. The fourth-order valence-corrected chi connectivity index (χ4v) is 3.34. The Morgan fingerprint density at radius 2 is 1.68 bits per heavy atom. The fourth-order valence-electron chi connectivity index (χ4n) is 3.34. The van der Waals surface area contributed by atoms with Crippen molar-refractivity contribution in [2.45, 2.75) is 52.3 Å². The summed E-state index contributed by atoms with van der Waals surface area (Å²) >= 11 is 0. The third-order valence-corrected chi connectivity index (χ3v) is 4.97. The van der Waals surface area contributed by atoms with Gasteiger partial charge in [0.2, 0.25) is 5.91 Å². The zero-order valence-electron chi connectivity index (χ0n) is 20.2. The van der Waals surface area contributed by atoms with Crippen molar-refractivity contribution < 1.29 is 29.3 Å².